The summed E-state index contributed by atoms with van der Waals surface area (Å²) < 4.78 is 0. The van der Waals surface area contributed by atoms with Crippen molar-refractivity contribution in [2.24, 2.45) is 0 Å². The van der Waals surface area contributed by atoms with E-state index in [2.05, 4.69) is 4.98 Å². The van der Waals surface area contributed by atoms with Gasteiger partial charge in [0, 0.05) is 12.4 Å². The van der Waals surface area contributed by atoms with E-state index < -0.39 is 5.97 Å². The normalized spacial score (nSPS) is 11.1. The number of aliphatic hydroxyl groups excluding tert-OH is 1. The molecule has 0 amide bonds. The van der Waals surface area contributed by atoms with E-state index in [9.17, 15) is 9.90 Å². The topological polar surface area (TPSA) is 70.4 Å². The van der Waals surface area contributed by atoms with E-state index in [0.717, 1.165) is 12.0 Å². The summed E-state index contributed by atoms with van der Waals surface area (Å²) in [6, 6.07) is 12.8. The minimum absolute atomic E-state index is 0.220. The summed E-state index contributed by atoms with van der Waals surface area (Å²) in [4.78, 5) is 13.8. The number of carboxylic acids is 1. The number of hydrogen-bond donors (Lipinski definition) is 2. The summed E-state index contributed by atoms with van der Waals surface area (Å²) in [6.07, 6.45) is 3.33. The molecule has 1 aromatic carbocycles. The van der Waals surface area contributed by atoms with E-state index in [0.29, 0.717) is 0 Å². The number of pyridine rings is 1. The summed E-state index contributed by atoms with van der Waals surface area (Å²) >= 11 is 0. The summed E-state index contributed by atoms with van der Waals surface area (Å²) in [5.41, 5.74) is 1.22. The lowest BCUT2D eigenvalue weighted by Gasteiger charge is -2.05. The van der Waals surface area contributed by atoms with Crippen molar-refractivity contribution in [3.63, 3.8) is 0 Å². The Morgan fingerprint density at radius 2 is 1.89 bits per heavy atom. The molecule has 0 aliphatic rings. The van der Waals surface area contributed by atoms with Crippen LogP contribution in [0.2, 0.25) is 0 Å². The van der Waals surface area contributed by atoms with Crippen LogP contribution < -0.4 is 0 Å². The molecule has 4 heteroatoms. The maximum absolute atomic E-state index is 10.2. The highest BCUT2D eigenvalue weighted by atomic mass is 16.4. The quantitative estimate of drug-likeness (QED) is 0.889. The second-order valence-corrected chi connectivity index (χ2v) is 3.88. The van der Waals surface area contributed by atoms with Crippen LogP contribution in [0.15, 0.2) is 54.9 Å². The first-order valence-electron chi connectivity index (χ1n) is 6.01. The number of aliphatic hydroxyl groups is 1. The van der Waals surface area contributed by atoms with Crippen LogP contribution in [0.5, 0.6) is 0 Å². The third kappa shape index (κ3) is 5.31. The molecule has 0 fully saturated rings. The average Bonchev–Trinajstić information content (AvgIpc) is 2.49. The SMILES string of the molecule is CCC(O)c1ccccc1.O=C(O)c1cccnc1. The molecule has 2 N–H and O–H groups in total. The van der Waals surface area contributed by atoms with Crippen molar-refractivity contribution in [3.05, 3.63) is 66.0 Å². The molecule has 0 radical (unpaired) electrons. The largest absolute Gasteiger partial charge is 0.478 e. The smallest absolute Gasteiger partial charge is 0.337 e. The Kier molecular flexibility index (Phi) is 6.26. The van der Waals surface area contributed by atoms with Crippen LogP contribution in [-0.4, -0.2) is 21.2 Å². The lowest BCUT2D eigenvalue weighted by molar-refractivity contribution is 0.0696. The second-order valence-electron chi connectivity index (χ2n) is 3.88. The Morgan fingerprint density at radius 3 is 2.32 bits per heavy atom. The Bertz CT molecular complexity index is 485. The predicted molar refractivity (Wildman–Crippen MR) is 72.9 cm³/mol. The Hall–Kier alpha value is -2.20. The van der Waals surface area contributed by atoms with Gasteiger partial charge in [-0.05, 0) is 24.1 Å². The first-order chi connectivity index (χ1) is 9.15. The molecule has 1 aromatic heterocycles. The van der Waals surface area contributed by atoms with E-state index in [-0.39, 0.29) is 11.7 Å². The number of benzene rings is 1. The predicted octanol–water partition coefficient (Wildman–Crippen LogP) is 2.91. The first-order valence-corrected chi connectivity index (χ1v) is 6.01. The van der Waals surface area contributed by atoms with Gasteiger partial charge in [0.1, 0.15) is 0 Å². The minimum atomic E-state index is -0.942. The van der Waals surface area contributed by atoms with Crippen molar-refractivity contribution in [3.8, 4) is 0 Å². The van der Waals surface area contributed by atoms with E-state index in [1.165, 1.54) is 18.5 Å². The fraction of sp³-hybridized carbons (Fsp3) is 0.200. The highest BCUT2D eigenvalue weighted by molar-refractivity contribution is 5.86. The molecule has 0 bridgehead atoms. The lowest BCUT2D eigenvalue weighted by Crippen LogP contribution is -1.94. The Labute approximate surface area is 112 Å². The van der Waals surface area contributed by atoms with E-state index in [4.69, 9.17) is 5.11 Å². The molecular weight excluding hydrogens is 242 g/mol. The third-order valence-electron chi connectivity index (χ3n) is 2.48. The van der Waals surface area contributed by atoms with Crippen molar-refractivity contribution in [2.45, 2.75) is 19.4 Å². The van der Waals surface area contributed by atoms with Crippen molar-refractivity contribution >= 4 is 5.97 Å². The zero-order valence-corrected chi connectivity index (χ0v) is 10.7. The van der Waals surface area contributed by atoms with Crippen molar-refractivity contribution < 1.29 is 15.0 Å². The third-order valence-corrected chi connectivity index (χ3v) is 2.48. The standard InChI is InChI=1S/C9H12O.C6H5NO2/c1-2-9(10)8-6-4-3-5-7-8;8-6(9)5-2-1-3-7-4-5/h3-7,9-10H,2H2,1H3;1-4H,(H,8,9). The summed E-state index contributed by atoms with van der Waals surface area (Å²) in [6.45, 7) is 1.97. The molecule has 100 valence electrons. The van der Waals surface area contributed by atoms with Crippen molar-refractivity contribution in [1.82, 2.24) is 4.98 Å². The monoisotopic (exact) mass is 259 g/mol. The molecule has 0 aliphatic heterocycles. The Balaban J connectivity index is 0.000000191. The molecule has 2 aromatic rings. The summed E-state index contributed by atoms with van der Waals surface area (Å²) in [7, 11) is 0. The van der Waals surface area contributed by atoms with Crippen molar-refractivity contribution in [1.29, 1.82) is 0 Å². The van der Waals surface area contributed by atoms with Crippen LogP contribution in [0.25, 0.3) is 0 Å². The number of aromatic carboxylic acids is 1. The van der Waals surface area contributed by atoms with E-state index in [1.807, 2.05) is 37.3 Å². The molecule has 4 nitrogen and oxygen atoms in total. The fourth-order valence-electron chi connectivity index (χ4n) is 1.40. The average molecular weight is 259 g/mol. The van der Waals surface area contributed by atoms with Gasteiger partial charge in [-0.25, -0.2) is 4.79 Å². The number of rotatable bonds is 3. The number of nitrogens with zero attached hydrogens (tertiary/aromatic N) is 1. The van der Waals surface area contributed by atoms with E-state index in [1.54, 1.807) is 6.07 Å². The van der Waals surface area contributed by atoms with Crippen LogP contribution in [0.3, 0.4) is 0 Å². The molecule has 1 atom stereocenters. The zero-order valence-electron chi connectivity index (χ0n) is 10.7. The van der Waals surface area contributed by atoms with Gasteiger partial charge in [0.05, 0.1) is 11.7 Å². The van der Waals surface area contributed by atoms with Gasteiger partial charge < -0.3 is 10.2 Å². The molecule has 0 aliphatic carbocycles. The molecule has 0 saturated carbocycles. The van der Waals surface area contributed by atoms with Crippen LogP contribution in [-0.2, 0) is 0 Å². The number of hydrogen-bond acceptors (Lipinski definition) is 3. The number of carbonyl (C=O) groups is 1. The maximum atomic E-state index is 10.2. The van der Waals surface area contributed by atoms with Crippen LogP contribution in [0.1, 0.15) is 35.4 Å². The maximum Gasteiger partial charge on any atom is 0.337 e. The molecule has 1 unspecified atom stereocenters. The van der Waals surface area contributed by atoms with Crippen LogP contribution in [0.4, 0.5) is 0 Å². The van der Waals surface area contributed by atoms with Gasteiger partial charge in [-0.15, -0.1) is 0 Å². The highest BCUT2D eigenvalue weighted by Crippen LogP contribution is 2.14. The fourth-order valence-corrected chi connectivity index (χ4v) is 1.40. The van der Waals surface area contributed by atoms with Crippen molar-refractivity contribution in [2.75, 3.05) is 0 Å². The van der Waals surface area contributed by atoms with Gasteiger partial charge in [-0.3, -0.25) is 4.98 Å². The van der Waals surface area contributed by atoms with Gasteiger partial charge in [-0.2, -0.15) is 0 Å². The summed E-state index contributed by atoms with van der Waals surface area (Å²) in [5.74, 6) is -0.942. The highest BCUT2D eigenvalue weighted by Gasteiger charge is 2.00. The second kappa shape index (κ2) is 8.00. The van der Waals surface area contributed by atoms with Crippen LogP contribution in [0, 0.1) is 0 Å². The molecular formula is C15H17NO3. The van der Waals surface area contributed by atoms with Gasteiger partial charge in [-0.1, -0.05) is 37.3 Å². The Morgan fingerprint density at radius 1 is 1.21 bits per heavy atom. The number of carboxylic acid groups (broad SMARTS) is 1. The van der Waals surface area contributed by atoms with E-state index >= 15 is 0 Å². The molecule has 2 rings (SSSR count). The molecule has 19 heavy (non-hydrogen) atoms. The van der Waals surface area contributed by atoms with Crippen LogP contribution >= 0.6 is 0 Å². The minimum Gasteiger partial charge on any atom is -0.478 e. The number of aromatic nitrogens is 1. The molecule has 1 heterocycles. The molecule has 0 spiro atoms. The van der Waals surface area contributed by atoms with Gasteiger partial charge >= 0.3 is 5.97 Å². The molecule has 0 saturated heterocycles. The lowest BCUT2D eigenvalue weighted by atomic mass is 10.1. The first kappa shape index (κ1) is 14.9. The summed E-state index contributed by atoms with van der Waals surface area (Å²) in [5, 5.41) is 17.7. The van der Waals surface area contributed by atoms with Gasteiger partial charge in [0.2, 0.25) is 0 Å². The van der Waals surface area contributed by atoms with Gasteiger partial charge in [0.15, 0.2) is 0 Å². The zero-order chi connectivity index (χ0) is 14.1. The van der Waals surface area contributed by atoms with Gasteiger partial charge in [0.25, 0.3) is 0 Å².